The summed E-state index contributed by atoms with van der Waals surface area (Å²) in [6.07, 6.45) is 2.57. The maximum absolute atomic E-state index is 6.18. The van der Waals surface area contributed by atoms with Crippen LogP contribution >= 0.6 is 11.6 Å². The summed E-state index contributed by atoms with van der Waals surface area (Å²) in [7, 11) is 0. The van der Waals surface area contributed by atoms with Gasteiger partial charge in [0.1, 0.15) is 6.10 Å². The summed E-state index contributed by atoms with van der Waals surface area (Å²) < 4.78 is 11.2. The molecule has 2 nitrogen and oxygen atoms in total. The smallest absolute Gasteiger partial charge is 0.100 e. The van der Waals surface area contributed by atoms with Gasteiger partial charge in [-0.15, -0.1) is 11.6 Å². The van der Waals surface area contributed by atoms with Crippen LogP contribution in [0.4, 0.5) is 0 Å². The highest BCUT2D eigenvalue weighted by molar-refractivity contribution is 6.21. The van der Waals surface area contributed by atoms with E-state index >= 15 is 0 Å². The van der Waals surface area contributed by atoms with E-state index in [1.165, 1.54) is 0 Å². The normalized spacial score (nSPS) is 48.5. The standard InChI is InChI=1S/C9H15ClO2/c1-6-4-7(10)9-8(5-6)11-2-3-12-9/h6-9H,2-5H2,1H3. The van der Waals surface area contributed by atoms with Gasteiger partial charge >= 0.3 is 0 Å². The minimum absolute atomic E-state index is 0.150. The third kappa shape index (κ3) is 1.61. The molecule has 2 fully saturated rings. The van der Waals surface area contributed by atoms with Gasteiger partial charge in [0.15, 0.2) is 0 Å². The number of halogens is 1. The van der Waals surface area contributed by atoms with Crippen molar-refractivity contribution in [1.29, 1.82) is 0 Å². The molecular formula is C9H15ClO2. The lowest BCUT2D eigenvalue weighted by atomic mass is 9.85. The Morgan fingerprint density at radius 1 is 1.17 bits per heavy atom. The molecule has 1 aliphatic carbocycles. The maximum Gasteiger partial charge on any atom is 0.100 e. The van der Waals surface area contributed by atoms with E-state index < -0.39 is 0 Å². The summed E-state index contributed by atoms with van der Waals surface area (Å²) >= 11 is 6.18. The summed E-state index contributed by atoms with van der Waals surface area (Å²) in [5.41, 5.74) is 0. The summed E-state index contributed by atoms with van der Waals surface area (Å²) in [6.45, 7) is 3.67. The first-order valence-corrected chi connectivity index (χ1v) is 5.08. The molecule has 0 spiro atoms. The molecule has 0 bridgehead atoms. The fourth-order valence-corrected chi connectivity index (χ4v) is 2.68. The molecule has 4 unspecified atom stereocenters. The van der Waals surface area contributed by atoms with Crippen molar-refractivity contribution in [3.8, 4) is 0 Å². The first kappa shape index (κ1) is 8.79. The summed E-state index contributed by atoms with van der Waals surface area (Å²) in [4.78, 5) is 0. The van der Waals surface area contributed by atoms with Gasteiger partial charge in [0.2, 0.25) is 0 Å². The number of ether oxygens (including phenoxy) is 2. The van der Waals surface area contributed by atoms with E-state index in [1.54, 1.807) is 0 Å². The molecule has 3 heteroatoms. The molecule has 1 saturated carbocycles. The molecule has 0 radical (unpaired) electrons. The van der Waals surface area contributed by atoms with Crippen LogP contribution in [0.25, 0.3) is 0 Å². The van der Waals surface area contributed by atoms with Gasteiger partial charge in [-0.1, -0.05) is 6.92 Å². The van der Waals surface area contributed by atoms with E-state index in [0.29, 0.717) is 12.5 Å². The van der Waals surface area contributed by atoms with Crippen molar-refractivity contribution in [1.82, 2.24) is 0 Å². The van der Waals surface area contributed by atoms with Crippen LogP contribution in [0.3, 0.4) is 0 Å². The third-order valence-corrected chi connectivity index (χ3v) is 3.14. The number of fused-ring (bicyclic) bond motifs is 1. The molecule has 12 heavy (non-hydrogen) atoms. The fourth-order valence-electron chi connectivity index (χ4n) is 2.14. The van der Waals surface area contributed by atoms with Crippen molar-refractivity contribution < 1.29 is 9.47 Å². The Morgan fingerprint density at radius 3 is 2.75 bits per heavy atom. The van der Waals surface area contributed by atoms with Crippen LogP contribution in [0.15, 0.2) is 0 Å². The van der Waals surface area contributed by atoms with Gasteiger partial charge in [-0.3, -0.25) is 0 Å². The molecule has 70 valence electrons. The minimum Gasteiger partial charge on any atom is -0.373 e. The summed E-state index contributed by atoms with van der Waals surface area (Å²) in [6, 6.07) is 0. The van der Waals surface area contributed by atoms with E-state index in [-0.39, 0.29) is 17.6 Å². The first-order chi connectivity index (χ1) is 5.77. The minimum atomic E-state index is 0.150. The average Bonchev–Trinajstić information content (AvgIpc) is 2.04. The molecule has 4 atom stereocenters. The lowest BCUT2D eigenvalue weighted by molar-refractivity contribution is -0.158. The van der Waals surface area contributed by atoms with Crippen LogP contribution < -0.4 is 0 Å². The second kappa shape index (κ2) is 3.52. The highest BCUT2D eigenvalue weighted by Crippen LogP contribution is 2.33. The van der Waals surface area contributed by atoms with E-state index in [2.05, 4.69) is 6.92 Å². The molecule has 2 rings (SSSR count). The topological polar surface area (TPSA) is 18.5 Å². The molecule has 0 aromatic heterocycles. The van der Waals surface area contributed by atoms with Gasteiger partial charge in [0.25, 0.3) is 0 Å². The zero-order valence-electron chi connectivity index (χ0n) is 7.33. The third-order valence-electron chi connectivity index (χ3n) is 2.71. The molecule has 0 aromatic rings. The molecule has 0 amide bonds. The maximum atomic E-state index is 6.18. The van der Waals surface area contributed by atoms with Crippen molar-refractivity contribution in [3.05, 3.63) is 0 Å². The lowest BCUT2D eigenvalue weighted by Gasteiger charge is -2.40. The zero-order chi connectivity index (χ0) is 8.55. The molecule has 0 N–H and O–H groups in total. The van der Waals surface area contributed by atoms with Gasteiger partial charge in [-0.05, 0) is 18.8 Å². The van der Waals surface area contributed by atoms with E-state index in [0.717, 1.165) is 19.4 Å². The Hall–Kier alpha value is 0.210. The summed E-state index contributed by atoms with van der Waals surface area (Å²) in [5.74, 6) is 0.676. The van der Waals surface area contributed by atoms with Crippen molar-refractivity contribution in [2.24, 2.45) is 5.92 Å². The molecule has 1 saturated heterocycles. The Kier molecular flexibility index (Phi) is 2.58. The highest BCUT2D eigenvalue weighted by atomic mass is 35.5. The van der Waals surface area contributed by atoms with Gasteiger partial charge in [0, 0.05) is 0 Å². The van der Waals surface area contributed by atoms with Gasteiger partial charge in [-0.25, -0.2) is 0 Å². The quantitative estimate of drug-likeness (QED) is 0.543. The highest BCUT2D eigenvalue weighted by Gasteiger charge is 2.38. The number of hydrogen-bond acceptors (Lipinski definition) is 2. The van der Waals surface area contributed by atoms with Gasteiger partial charge in [-0.2, -0.15) is 0 Å². The Morgan fingerprint density at radius 2 is 1.92 bits per heavy atom. The molecule has 0 aromatic carbocycles. The zero-order valence-corrected chi connectivity index (χ0v) is 8.09. The number of rotatable bonds is 0. The van der Waals surface area contributed by atoms with Crippen LogP contribution in [0.2, 0.25) is 0 Å². The van der Waals surface area contributed by atoms with Crippen LogP contribution in [-0.4, -0.2) is 30.8 Å². The van der Waals surface area contributed by atoms with Crippen molar-refractivity contribution in [2.75, 3.05) is 13.2 Å². The first-order valence-electron chi connectivity index (χ1n) is 4.64. The Labute approximate surface area is 78.2 Å². The molecular weight excluding hydrogens is 176 g/mol. The largest absolute Gasteiger partial charge is 0.373 e. The predicted octanol–water partition coefficient (Wildman–Crippen LogP) is 1.81. The van der Waals surface area contributed by atoms with Crippen LogP contribution in [-0.2, 0) is 9.47 Å². The lowest BCUT2D eigenvalue weighted by Crippen LogP contribution is -2.48. The monoisotopic (exact) mass is 190 g/mol. The van der Waals surface area contributed by atoms with E-state index in [4.69, 9.17) is 21.1 Å². The Balaban J connectivity index is 2.01. The summed E-state index contributed by atoms with van der Waals surface area (Å²) in [5, 5.41) is 0.152. The van der Waals surface area contributed by atoms with E-state index in [9.17, 15) is 0 Å². The molecule has 2 aliphatic rings. The van der Waals surface area contributed by atoms with E-state index in [1.807, 2.05) is 0 Å². The number of alkyl halides is 1. The van der Waals surface area contributed by atoms with Crippen LogP contribution in [0.5, 0.6) is 0 Å². The van der Waals surface area contributed by atoms with Gasteiger partial charge in [0.05, 0.1) is 24.7 Å². The Bertz CT molecular complexity index is 163. The van der Waals surface area contributed by atoms with Crippen LogP contribution in [0, 0.1) is 5.92 Å². The molecule has 1 aliphatic heterocycles. The van der Waals surface area contributed by atoms with Crippen molar-refractivity contribution in [3.63, 3.8) is 0 Å². The van der Waals surface area contributed by atoms with Crippen molar-refractivity contribution >= 4 is 11.6 Å². The van der Waals surface area contributed by atoms with Crippen molar-refractivity contribution in [2.45, 2.75) is 37.4 Å². The van der Waals surface area contributed by atoms with Gasteiger partial charge < -0.3 is 9.47 Å². The average molecular weight is 191 g/mol. The SMILES string of the molecule is CC1CC(Cl)C2OCCOC2C1. The fraction of sp³-hybridized carbons (Fsp3) is 1.00. The molecule has 1 heterocycles. The number of hydrogen-bond donors (Lipinski definition) is 0. The van der Waals surface area contributed by atoms with Crippen LogP contribution in [0.1, 0.15) is 19.8 Å². The predicted molar refractivity (Wildman–Crippen MR) is 47.5 cm³/mol. The second-order valence-corrected chi connectivity index (χ2v) is 4.40. The second-order valence-electron chi connectivity index (χ2n) is 3.84.